The van der Waals surface area contributed by atoms with E-state index in [4.69, 9.17) is 11.6 Å². The molecule has 0 bridgehead atoms. The molecule has 1 nitrogen and oxygen atoms in total. The average Bonchev–Trinajstić information content (AvgIpc) is 2.03. The minimum absolute atomic E-state index is 0.830. The van der Waals surface area contributed by atoms with Crippen molar-refractivity contribution in [2.24, 2.45) is 5.92 Å². The summed E-state index contributed by atoms with van der Waals surface area (Å²) in [5, 5.41) is 3.40. The van der Waals surface area contributed by atoms with E-state index in [1.165, 1.54) is 38.8 Å². The summed E-state index contributed by atoms with van der Waals surface area (Å²) in [5.74, 6) is 1.74. The van der Waals surface area contributed by atoms with Crippen LogP contribution in [-0.4, -0.2) is 19.0 Å². The molecule has 1 N–H and O–H groups in total. The maximum absolute atomic E-state index is 5.60. The molecule has 60 valence electrons. The third-order valence-corrected chi connectivity index (χ3v) is 2.41. The fourth-order valence-corrected chi connectivity index (χ4v) is 1.69. The van der Waals surface area contributed by atoms with Crippen LogP contribution < -0.4 is 5.32 Å². The number of piperidine rings is 1. The average molecular weight is 162 g/mol. The molecule has 0 aromatic rings. The minimum Gasteiger partial charge on any atom is -0.316 e. The summed E-state index contributed by atoms with van der Waals surface area (Å²) in [4.78, 5) is 0. The first-order chi connectivity index (χ1) is 4.93. The topological polar surface area (TPSA) is 12.0 Å². The van der Waals surface area contributed by atoms with Gasteiger partial charge < -0.3 is 5.32 Å². The van der Waals surface area contributed by atoms with Gasteiger partial charge in [0.15, 0.2) is 0 Å². The Balaban J connectivity index is 2.02. The van der Waals surface area contributed by atoms with Crippen LogP contribution in [0.2, 0.25) is 0 Å². The van der Waals surface area contributed by atoms with Gasteiger partial charge in [0.25, 0.3) is 0 Å². The van der Waals surface area contributed by atoms with Gasteiger partial charge in [-0.05, 0) is 44.7 Å². The number of nitrogens with one attached hydrogen (secondary N) is 1. The zero-order valence-electron chi connectivity index (χ0n) is 6.41. The zero-order valence-corrected chi connectivity index (χ0v) is 7.16. The van der Waals surface area contributed by atoms with Crippen molar-refractivity contribution in [3.63, 3.8) is 0 Å². The molecule has 0 spiro atoms. The Morgan fingerprint density at radius 2 is 2.40 bits per heavy atom. The van der Waals surface area contributed by atoms with E-state index in [1.807, 2.05) is 0 Å². The molecular formula is C8H16ClN. The molecule has 1 aliphatic rings. The molecule has 1 saturated heterocycles. The van der Waals surface area contributed by atoms with Gasteiger partial charge in [0.05, 0.1) is 0 Å². The van der Waals surface area contributed by atoms with E-state index in [-0.39, 0.29) is 0 Å². The van der Waals surface area contributed by atoms with Crippen LogP contribution in [0, 0.1) is 5.92 Å². The predicted octanol–water partition coefficient (Wildman–Crippen LogP) is 2.00. The summed E-state index contributed by atoms with van der Waals surface area (Å²) in [6, 6.07) is 0. The molecule has 1 atom stereocenters. The summed E-state index contributed by atoms with van der Waals surface area (Å²) in [6.45, 7) is 2.44. The highest BCUT2D eigenvalue weighted by Gasteiger charge is 2.11. The van der Waals surface area contributed by atoms with E-state index in [0.29, 0.717) is 0 Å². The maximum Gasteiger partial charge on any atom is 0.0223 e. The van der Waals surface area contributed by atoms with Gasteiger partial charge in [0.2, 0.25) is 0 Å². The second kappa shape index (κ2) is 4.97. The van der Waals surface area contributed by atoms with Crippen LogP contribution in [0.3, 0.4) is 0 Å². The van der Waals surface area contributed by atoms with Gasteiger partial charge in [0.1, 0.15) is 0 Å². The first-order valence-corrected chi connectivity index (χ1v) is 4.73. The Kier molecular flexibility index (Phi) is 4.15. The number of hydrogen-bond donors (Lipinski definition) is 1. The van der Waals surface area contributed by atoms with E-state index >= 15 is 0 Å². The molecular weight excluding hydrogens is 146 g/mol. The molecule has 0 aliphatic carbocycles. The standard InChI is InChI=1S/C8H16ClN/c9-5-1-3-8-4-2-6-10-7-8/h8,10H,1-7H2. The molecule has 1 heterocycles. The SMILES string of the molecule is ClCCCC1CCCNC1. The van der Waals surface area contributed by atoms with Crippen molar-refractivity contribution in [2.75, 3.05) is 19.0 Å². The van der Waals surface area contributed by atoms with E-state index in [0.717, 1.165) is 11.8 Å². The van der Waals surface area contributed by atoms with Crippen molar-refractivity contribution in [1.29, 1.82) is 0 Å². The summed E-state index contributed by atoms with van der Waals surface area (Å²) in [7, 11) is 0. The Morgan fingerprint density at radius 3 is 3.00 bits per heavy atom. The van der Waals surface area contributed by atoms with E-state index < -0.39 is 0 Å². The highest BCUT2D eigenvalue weighted by molar-refractivity contribution is 6.17. The summed E-state index contributed by atoms with van der Waals surface area (Å²) >= 11 is 5.60. The van der Waals surface area contributed by atoms with Gasteiger partial charge in [-0.2, -0.15) is 0 Å². The molecule has 1 rings (SSSR count). The maximum atomic E-state index is 5.60. The van der Waals surface area contributed by atoms with Gasteiger partial charge in [-0.3, -0.25) is 0 Å². The molecule has 1 aliphatic heterocycles. The van der Waals surface area contributed by atoms with Crippen LogP contribution in [0.5, 0.6) is 0 Å². The molecule has 0 saturated carbocycles. The fourth-order valence-electron chi connectivity index (χ4n) is 1.54. The molecule has 10 heavy (non-hydrogen) atoms. The van der Waals surface area contributed by atoms with Crippen LogP contribution in [-0.2, 0) is 0 Å². The van der Waals surface area contributed by atoms with E-state index in [1.54, 1.807) is 0 Å². The molecule has 0 radical (unpaired) electrons. The van der Waals surface area contributed by atoms with Gasteiger partial charge in [-0.1, -0.05) is 0 Å². The summed E-state index contributed by atoms with van der Waals surface area (Å²) in [5.41, 5.74) is 0. The van der Waals surface area contributed by atoms with Crippen molar-refractivity contribution in [3.8, 4) is 0 Å². The Labute approximate surface area is 68.1 Å². The first kappa shape index (κ1) is 8.35. The Hall–Kier alpha value is 0.250. The van der Waals surface area contributed by atoms with Crippen molar-refractivity contribution in [1.82, 2.24) is 5.32 Å². The lowest BCUT2D eigenvalue weighted by Gasteiger charge is -2.21. The molecule has 2 heteroatoms. The second-order valence-corrected chi connectivity index (χ2v) is 3.42. The number of rotatable bonds is 3. The van der Waals surface area contributed by atoms with Crippen LogP contribution in [0.1, 0.15) is 25.7 Å². The lowest BCUT2D eigenvalue weighted by atomic mass is 9.95. The van der Waals surface area contributed by atoms with Gasteiger partial charge in [-0.25, -0.2) is 0 Å². The Morgan fingerprint density at radius 1 is 1.50 bits per heavy atom. The lowest BCUT2D eigenvalue weighted by molar-refractivity contribution is 0.356. The molecule has 1 unspecified atom stereocenters. The van der Waals surface area contributed by atoms with Crippen LogP contribution in [0.4, 0.5) is 0 Å². The van der Waals surface area contributed by atoms with Gasteiger partial charge in [0, 0.05) is 5.88 Å². The third kappa shape index (κ3) is 2.89. The Bertz CT molecular complexity index is 79.3. The summed E-state index contributed by atoms with van der Waals surface area (Å²) < 4.78 is 0. The van der Waals surface area contributed by atoms with E-state index in [2.05, 4.69) is 5.32 Å². The van der Waals surface area contributed by atoms with Crippen LogP contribution in [0.15, 0.2) is 0 Å². The van der Waals surface area contributed by atoms with Crippen molar-refractivity contribution in [3.05, 3.63) is 0 Å². The van der Waals surface area contributed by atoms with Crippen LogP contribution >= 0.6 is 11.6 Å². The third-order valence-electron chi connectivity index (χ3n) is 2.14. The smallest absolute Gasteiger partial charge is 0.0223 e. The minimum atomic E-state index is 0.830. The zero-order chi connectivity index (χ0) is 7.23. The first-order valence-electron chi connectivity index (χ1n) is 4.20. The lowest BCUT2D eigenvalue weighted by Crippen LogP contribution is -2.29. The summed E-state index contributed by atoms with van der Waals surface area (Å²) in [6.07, 6.45) is 5.27. The number of hydrogen-bond acceptors (Lipinski definition) is 1. The molecule has 0 aromatic carbocycles. The monoisotopic (exact) mass is 161 g/mol. The quantitative estimate of drug-likeness (QED) is 0.625. The van der Waals surface area contributed by atoms with Crippen molar-refractivity contribution >= 4 is 11.6 Å². The molecule has 1 fully saturated rings. The molecule has 0 aromatic heterocycles. The van der Waals surface area contributed by atoms with Gasteiger partial charge in [-0.15, -0.1) is 11.6 Å². The largest absolute Gasteiger partial charge is 0.316 e. The van der Waals surface area contributed by atoms with Crippen LogP contribution in [0.25, 0.3) is 0 Å². The van der Waals surface area contributed by atoms with Gasteiger partial charge >= 0.3 is 0 Å². The fraction of sp³-hybridized carbons (Fsp3) is 1.00. The highest BCUT2D eigenvalue weighted by atomic mass is 35.5. The van der Waals surface area contributed by atoms with Crippen molar-refractivity contribution in [2.45, 2.75) is 25.7 Å². The second-order valence-electron chi connectivity index (χ2n) is 3.04. The number of halogens is 1. The predicted molar refractivity (Wildman–Crippen MR) is 45.5 cm³/mol. The normalized spacial score (nSPS) is 26.7. The van der Waals surface area contributed by atoms with E-state index in [9.17, 15) is 0 Å². The van der Waals surface area contributed by atoms with Crippen molar-refractivity contribution < 1.29 is 0 Å². The number of alkyl halides is 1. The highest BCUT2D eigenvalue weighted by Crippen LogP contribution is 2.15. The molecule has 0 amide bonds.